The minimum absolute atomic E-state index is 0.0578. The van der Waals surface area contributed by atoms with Gasteiger partial charge in [0.2, 0.25) is 17.7 Å². The second kappa shape index (κ2) is 11.8. The third-order valence-electron chi connectivity index (χ3n) is 6.21. The second-order valence-corrected chi connectivity index (χ2v) is 8.95. The predicted molar refractivity (Wildman–Crippen MR) is 120 cm³/mol. The van der Waals surface area contributed by atoms with E-state index in [1.165, 1.54) is 0 Å². The molecule has 2 atom stereocenters. The van der Waals surface area contributed by atoms with Crippen molar-refractivity contribution in [1.82, 2.24) is 10.4 Å². The van der Waals surface area contributed by atoms with E-state index in [-0.39, 0.29) is 24.2 Å². The third-order valence-corrected chi connectivity index (χ3v) is 6.21. The van der Waals surface area contributed by atoms with Gasteiger partial charge in [-0.25, -0.2) is 5.48 Å². The van der Waals surface area contributed by atoms with Gasteiger partial charge in [0.05, 0.1) is 5.41 Å². The lowest BCUT2D eigenvalue weighted by Gasteiger charge is -2.33. The van der Waals surface area contributed by atoms with Crippen molar-refractivity contribution in [3.05, 3.63) is 30.3 Å². The summed E-state index contributed by atoms with van der Waals surface area (Å²) in [5, 5.41) is 12.0. The summed E-state index contributed by atoms with van der Waals surface area (Å²) in [6.07, 6.45) is 6.28. The van der Waals surface area contributed by atoms with Crippen molar-refractivity contribution in [2.75, 3.05) is 11.9 Å². The fourth-order valence-electron chi connectivity index (χ4n) is 4.55. The zero-order valence-electron chi connectivity index (χ0n) is 19.0. The topological polar surface area (TPSA) is 98.7 Å². The molecule has 1 fully saturated rings. The fourth-order valence-corrected chi connectivity index (χ4v) is 4.55. The molecule has 2 rings (SSSR count). The van der Waals surface area contributed by atoms with Gasteiger partial charge in [0.1, 0.15) is 6.04 Å². The number of anilines is 1. The summed E-state index contributed by atoms with van der Waals surface area (Å²) in [7, 11) is 0. The van der Waals surface area contributed by atoms with Crippen LogP contribution >= 0.6 is 0 Å². The van der Waals surface area contributed by atoms with Crippen molar-refractivity contribution in [3.63, 3.8) is 0 Å². The van der Waals surface area contributed by atoms with Crippen molar-refractivity contribution >= 4 is 23.4 Å². The van der Waals surface area contributed by atoms with Crippen LogP contribution in [0.4, 0.5) is 5.69 Å². The Morgan fingerprint density at radius 3 is 2.42 bits per heavy atom. The van der Waals surface area contributed by atoms with E-state index in [0.717, 1.165) is 32.1 Å². The van der Waals surface area contributed by atoms with Gasteiger partial charge in [-0.1, -0.05) is 71.1 Å². The van der Waals surface area contributed by atoms with Gasteiger partial charge < -0.3 is 10.2 Å². The van der Waals surface area contributed by atoms with Crippen LogP contribution in [0.1, 0.15) is 72.1 Å². The molecule has 0 aromatic heterocycles. The van der Waals surface area contributed by atoms with Crippen LogP contribution in [-0.4, -0.2) is 40.4 Å². The average molecular weight is 432 g/mol. The number of amides is 3. The van der Waals surface area contributed by atoms with Crippen LogP contribution in [0, 0.1) is 11.3 Å². The molecule has 31 heavy (non-hydrogen) atoms. The van der Waals surface area contributed by atoms with Crippen molar-refractivity contribution in [2.24, 2.45) is 11.3 Å². The number of nitrogens with zero attached hydrogens (tertiary/aromatic N) is 1. The summed E-state index contributed by atoms with van der Waals surface area (Å²) in [5.41, 5.74) is 1.51. The van der Waals surface area contributed by atoms with Gasteiger partial charge in [-0.05, 0) is 30.9 Å². The highest BCUT2D eigenvalue weighted by Gasteiger charge is 2.50. The van der Waals surface area contributed by atoms with E-state index in [9.17, 15) is 14.4 Å². The first-order chi connectivity index (χ1) is 14.8. The highest BCUT2D eigenvalue weighted by atomic mass is 16.5. The summed E-state index contributed by atoms with van der Waals surface area (Å²) < 4.78 is 0. The average Bonchev–Trinajstić information content (AvgIpc) is 3.04. The van der Waals surface area contributed by atoms with Crippen LogP contribution in [-0.2, 0) is 14.4 Å². The number of hydroxylamine groups is 1. The first kappa shape index (κ1) is 24.9. The van der Waals surface area contributed by atoms with Crippen LogP contribution in [0.5, 0.6) is 0 Å². The van der Waals surface area contributed by atoms with Gasteiger partial charge in [0.15, 0.2) is 0 Å². The van der Waals surface area contributed by atoms with Gasteiger partial charge in [-0.15, -0.1) is 0 Å². The number of hydrogen-bond acceptors (Lipinski definition) is 4. The van der Waals surface area contributed by atoms with E-state index in [2.05, 4.69) is 12.2 Å². The number of likely N-dealkylation sites (tertiary alicyclic amines) is 1. The smallest absolute Gasteiger partial charge is 0.247 e. The molecular formula is C24H37N3O4. The van der Waals surface area contributed by atoms with Crippen LogP contribution in [0.2, 0.25) is 0 Å². The summed E-state index contributed by atoms with van der Waals surface area (Å²) in [5.74, 6) is -1.02. The maximum absolute atomic E-state index is 13.6. The lowest BCUT2D eigenvalue weighted by molar-refractivity contribution is -0.146. The molecule has 1 heterocycles. The van der Waals surface area contributed by atoms with Crippen LogP contribution < -0.4 is 10.8 Å². The lowest BCUT2D eigenvalue weighted by Crippen LogP contribution is -2.50. The van der Waals surface area contributed by atoms with Crippen molar-refractivity contribution in [3.8, 4) is 0 Å². The predicted octanol–water partition coefficient (Wildman–Crippen LogP) is 4.12. The molecule has 0 aliphatic carbocycles. The van der Waals surface area contributed by atoms with Crippen LogP contribution in [0.3, 0.4) is 0 Å². The highest BCUT2D eigenvalue weighted by molar-refractivity contribution is 5.99. The number of nitrogens with one attached hydrogen (secondary N) is 2. The first-order valence-corrected chi connectivity index (χ1v) is 11.4. The van der Waals surface area contributed by atoms with E-state index in [1.807, 2.05) is 44.2 Å². The summed E-state index contributed by atoms with van der Waals surface area (Å²) in [6, 6.07) is 8.57. The zero-order valence-corrected chi connectivity index (χ0v) is 19.0. The lowest BCUT2D eigenvalue weighted by atomic mass is 9.77. The first-order valence-electron chi connectivity index (χ1n) is 11.4. The molecule has 1 saturated heterocycles. The minimum atomic E-state index is -0.862. The Labute approximate surface area is 185 Å². The Kier molecular flexibility index (Phi) is 9.49. The Balaban J connectivity index is 2.17. The normalized spacial score (nSPS) is 19.5. The molecule has 3 amide bonds. The number of hydrogen-bond donors (Lipinski definition) is 3. The quantitative estimate of drug-likeness (QED) is 0.263. The second-order valence-electron chi connectivity index (χ2n) is 8.95. The molecule has 0 bridgehead atoms. The SMILES string of the molecule is CCCCCCC[C@@]1(CC(=O)NO)CCN([C@@H](C(=O)Nc2ccccc2)C(C)C)C1=O. The number of carbonyl (C=O) groups is 3. The van der Waals surface area contributed by atoms with Crippen LogP contribution in [0.15, 0.2) is 30.3 Å². The highest BCUT2D eigenvalue weighted by Crippen LogP contribution is 2.42. The molecule has 1 aromatic rings. The molecular weight excluding hydrogens is 394 g/mol. The molecule has 0 spiro atoms. The maximum Gasteiger partial charge on any atom is 0.247 e. The molecule has 1 aliphatic rings. The van der Waals surface area contributed by atoms with Gasteiger partial charge >= 0.3 is 0 Å². The van der Waals surface area contributed by atoms with Crippen molar-refractivity contribution in [2.45, 2.75) is 78.2 Å². The third kappa shape index (κ3) is 6.53. The minimum Gasteiger partial charge on any atom is -0.330 e. The summed E-state index contributed by atoms with van der Waals surface area (Å²) in [4.78, 5) is 40.3. The van der Waals surface area contributed by atoms with Gasteiger partial charge in [-0.2, -0.15) is 0 Å². The van der Waals surface area contributed by atoms with E-state index in [1.54, 1.807) is 10.4 Å². The van der Waals surface area contributed by atoms with E-state index < -0.39 is 17.4 Å². The van der Waals surface area contributed by atoms with Crippen LogP contribution in [0.25, 0.3) is 0 Å². The largest absolute Gasteiger partial charge is 0.330 e. The monoisotopic (exact) mass is 431 g/mol. The van der Waals surface area contributed by atoms with E-state index >= 15 is 0 Å². The molecule has 7 nitrogen and oxygen atoms in total. The maximum atomic E-state index is 13.6. The number of para-hydroxylation sites is 1. The van der Waals surface area contributed by atoms with E-state index in [4.69, 9.17) is 5.21 Å². The summed E-state index contributed by atoms with van der Waals surface area (Å²) >= 11 is 0. The summed E-state index contributed by atoms with van der Waals surface area (Å²) in [6.45, 7) is 6.43. The molecule has 3 N–H and O–H groups in total. The molecule has 0 unspecified atom stereocenters. The van der Waals surface area contributed by atoms with Gasteiger partial charge in [0, 0.05) is 18.7 Å². The zero-order chi connectivity index (χ0) is 22.9. The number of benzene rings is 1. The Hall–Kier alpha value is -2.41. The molecule has 0 radical (unpaired) electrons. The van der Waals surface area contributed by atoms with E-state index in [0.29, 0.717) is 25.1 Å². The number of rotatable bonds is 12. The van der Waals surface area contributed by atoms with Crippen molar-refractivity contribution < 1.29 is 19.6 Å². The standard InChI is InChI=1S/C24H37N3O4/c1-4-5-6-7-11-14-24(17-20(28)26-31)15-16-27(23(24)30)21(18(2)3)22(29)25-19-12-9-8-10-13-19/h8-10,12-13,18,21,31H,4-7,11,14-17H2,1-3H3,(H,25,29)(H,26,28)/t21-,24+/m1/s1. The molecule has 172 valence electrons. The number of carbonyl (C=O) groups excluding carboxylic acids is 3. The van der Waals surface area contributed by atoms with Gasteiger partial charge in [0.25, 0.3) is 0 Å². The molecule has 1 aromatic carbocycles. The Morgan fingerprint density at radius 2 is 1.81 bits per heavy atom. The van der Waals surface area contributed by atoms with Crippen molar-refractivity contribution in [1.29, 1.82) is 0 Å². The van der Waals surface area contributed by atoms with Gasteiger partial charge in [-0.3, -0.25) is 19.6 Å². The fraction of sp³-hybridized carbons (Fsp3) is 0.625. The number of unbranched alkanes of at least 4 members (excludes halogenated alkanes) is 4. The molecule has 1 aliphatic heterocycles. The Bertz CT molecular complexity index is 738. The Morgan fingerprint density at radius 1 is 1.13 bits per heavy atom. The molecule has 0 saturated carbocycles. The molecule has 7 heteroatoms.